The second-order valence-electron chi connectivity index (χ2n) is 6.96. The van der Waals surface area contributed by atoms with Crippen LogP contribution in [-0.2, 0) is 6.54 Å². The Morgan fingerprint density at radius 3 is 2.67 bits per heavy atom. The fourth-order valence-electron chi connectivity index (χ4n) is 3.38. The van der Waals surface area contributed by atoms with Gasteiger partial charge in [-0.25, -0.2) is 4.98 Å². The van der Waals surface area contributed by atoms with Gasteiger partial charge in [-0.2, -0.15) is 0 Å². The Hall–Kier alpha value is -2.31. The van der Waals surface area contributed by atoms with Crippen molar-refractivity contribution in [2.75, 3.05) is 33.9 Å². The van der Waals surface area contributed by atoms with Crippen LogP contribution < -0.4 is 19.5 Å². The number of ether oxygens (including phenoxy) is 3. The molecule has 6 heteroatoms. The summed E-state index contributed by atoms with van der Waals surface area (Å²) in [5.74, 6) is 2.13. The lowest BCUT2D eigenvalue weighted by molar-refractivity contribution is 0.184. The number of nitrogens with one attached hydrogen (secondary N) is 1. The fourth-order valence-corrected chi connectivity index (χ4v) is 3.38. The summed E-state index contributed by atoms with van der Waals surface area (Å²) in [7, 11) is 3.23. The molecule has 3 rings (SSSR count). The standard InChI is InChI=1S/C21H29N3O3/c1-15(2)27-19-8-6-5-7-17(19)18-14-24(12-11-22-18)13-16-9-10-20(25-3)21(23-16)26-4/h5-10,15,18,22H,11-14H2,1-4H3/t18-/m1/s1. The smallest absolute Gasteiger partial charge is 0.257 e. The number of hydrogen-bond acceptors (Lipinski definition) is 6. The lowest BCUT2D eigenvalue weighted by Crippen LogP contribution is -2.45. The highest BCUT2D eigenvalue weighted by molar-refractivity contribution is 5.37. The van der Waals surface area contributed by atoms with E-state index >= 15 is 0 Å². The van der Waals surface area contributed by atoms with Gasteiger partial charge in [0.15, 0.2) is 5.75 Å². The first kappa shape index (κ1) is 19.5. The van der Waals surface area contributed by atoms with Gasteiger partial charge in [-0.1, -0.05) is 18.2 Å². The van der Waals surface area contributed by atoms with Gasteiger partial charge in [-0.05, 0) is 32.0 Å². The zero-order chi connectivity index (χ0) is 19.2. The lowest BCUT2D eigenvalue weighted by atomic mass is 10.0. The van der Waals surface area contributed by atoms with Gasteiger partial charge in [0.1, 0.15) is 5.75 Å². The van der Waals surface area contributed by atoms with Crippen molar-refractivity contribution in [2.45, 2.75) is 32.5 Å². The number of methoxy groups -OCH3 is 2. The maximum atomic E-state index is 6.01. The van der Waals surface area contributed by atoms with Crippen molar-refractivity contribution in [3.63, 3.8) is 0 Å². The summed E-state index contributed by atoms with van der Waals surface area (Å²) in [6, 6.07) is 12.4. The third-order valence-electron chi connectivity index (χ3n) is 4.60. The van der Waals surface area contributed by atoms with Crippen LogP contribution in [0.3, 0.4) is 0 Å². The highest BCUT2D eigenvalue weighted by atomic mass is 16.5. The van der Waals surface area contributed by atoms with Crippen LogP contribution in [0.1, 0.15) is 31.1 Å². The highest BCUT2D eigenvalue weighted by Crippen LogP contribution is 2.29. The summed E-state index contributed by atoms with van der Waals surface area (Å²) < 4.78 is 16.6. The van der Waals surface area contributed by atoms with E-state index in [2.05, 4.69) is 41.2 Å². The van der Waals surface area contributed by atoms with E-state index in [0.29, 0.717) is 11.6 Å². The van der Waals surface area contributed by atoms with E-state index < -0.39 is 0 Å². The zero-order valence-electron chi connectivity index (χ0n) is 16.6. The van der Waals surface area contributed by atoms with Crippen LogP contribution in [0.2, 0.25) is 0 Å². The second-order valence-corrected chi connectivity index (χ2v) is 6.96. The van der Waals surface area contributed by atoms with Crippen molar-refractivity contribution in [1.82, 2.24) is 15.2 Å². The van der Waals surface area contributed by atoms with Gasteiger partial charge in [0.2, 0.25) is 0 Å². The minimum atomic E-state index is 0.154. The van der Waals surface area contributed by atoms with Crippen molar-refractivity contribution in [3.8, 4) is 17.4 Å². The molecule has 0 unspecified atom stereocenters. The number of hydrogen-bond donors (Lipinski definition) is 1. The topological polar surface area (TPSA) is 55.9 Å². The Kier molecular flexibility index (Phi) is 6.53. The molecule has 2 heterocycles. The summed E-state index contributed by atoms with van der Waals surface area (Å²) >= 11 is 0. The van der Waals surface area contributed by atoms with Crippen molar-refractivity contribution >= 4 is 0 Å². The Morgan fingerprint density at radius 2 is 1.93 bits per heavy atom. The molecule has 27 heavy (non-hydrogen) atoms. The summed E-state index contributed by atoms with van der Waals surface area (Å²) in [5.41, 5.74) is 2.18. The molecule has 146 valence electrons. The van der Waals surface area contributed by atoms with E-state index in [0.717, 1.165) is 37.6 Å². The SMILES string of the molecule is COc1ccc(CN2CCN[C@@H](c3ccccc3OC(C)C)C2)nc1OC. The highest BCUT2D eigenvalue weighted by Gasteiger charge is 2.24. The van der Waals surface area contributed by atoms with Gasteiger partial charge in [-0.15, -0.1) is 0 Å². The number of para-hydroxylation sites is 1. The maximum absolute atomic E-state index is 6.01. The van der Waals surface area contributed by atoms with E-state index in [-0.39, 0.29) is 12.1 Å². The van der Waals surface area contributed by atoms with E-state index in [9.17, 15) is 0 Å². The van der Waals surface area contributed by atoms with Gasteiger partial charge < -0.3 is 19.5 Å². The number of benzene rings is 1. The summed E-state index contributed by atoms with van der Waals surface area (Å²) in [6.07, 6.45) is 0.154. The molecule has 0 spiro atoms. The van der Waals surface area contributed by atoms with Crippen molar-refractivity contribution < 1.29 is 14.2 Å². The normalized spacial score (nSPS) is 17.7. The summed E-state index contributed by atoms with van der Waals surface area (Å²) in [4.78, 5) is 6.98. The van der Waals surface area contributed by atoms with Crippen molar-refractivity contribution in [2.24, 2.45) is 0 Å². The molecule has 1 aromatic carbocycles. The van der Waals surface area contributed by atoms with E-state index in [1.807, 2.05) is 24.3 Å². The number of aromatic nitrogens is 1. The molecular weight excluding hydrogens is 342 g/mol. The van der Waals surface area contributed by atoms with E-state index in [4.69, 9.17) is 14.2 Å². The Labute approximate surface area is 161 Å². The van der Waals surface area contributed by atoms with Crippen LogP contribution >= 0.6 is 0 Å². The number of rotatable bonds is 7. The largest absolute Gasteiger partial charge is 0.491 e. The minimum absolute atomic E-state index is 0.154. The molecule has 1 N–H and O–H groups in total. The third-order valence-corrected chi connectivity index (χ3v) is 4.60. The fraction of sp³-hybridized carbons (Fsp3) is 0.476. The van der Waals surface area contributed by atoms with Gasteiger partial charge in [-0.3, -0.25) is 4.90 Å². The first-order valence-electron chi connectivity index (χ1n) is 9.40. The van der Waals surface area contributed by atoms with Gasteiger partial charge in [0.25, 0.3) is 5.88 Å². The Balaban J connectivity index is 1.72. The molecule has 1 fully saturated rings. The number of piperazine rings is 1. The minimum Gasteiger partial charge on any atom is -0.491 e. The van der Waals surface area contributed by atoms with E-state index in [1.165, 1.54) is 5.56 Å². The average Bonchev–Trinajstić information content (AvgIpc) is 2.68. The quantitative estimate of drug-likeness (QED) is 0.807. The molecule has 1 aliphatic rings. The van der Waals surface area contributed by atoms with Gasteiger partial charge in [0, 0.05) is 37.8 Å². The van der Waals surface area contributed by atoms with Crippen LogP contribution in [0.4, 0.5) is 0 Å². The molecule has 1 aliphatic heterocycles. The monoisotopic (exact) mass is 371 g/mol. The third kappa shape index (κ3) is 4.90. The number of nitrogens with zero attached hydrogens (tertiary/aromatic N) is 2. The Bertz CT molecular complexity index is 751. The predicted octanol–water partition coefficient (Wildman–Crippen LogP) is 3.03. The first-order valence-corrected chi connectivity index (χ1v) is 9.40. The van der Waals surface area contributed by atoms with E-state index in [1.54, 1.807) is 14.2 Å². The van der Waals surface area contributed by atoms with Crippen LogP contribution in [0.15, 0.2) is 36.4 Å². The molecule has 1 aromatic heterocycles. The maximum Gasteiger partial charge on any atom is 0.257 e. The molecule has 2 aromatic rings. The first-order chi connectivity index (χ1) is 13.1. The molecule has 0 radical (unpaired) electrons. The molecular formula is C21H29N3O3. The van der Waals surface area contributed by atoms with Crippen LogP contribution in [-0.4, -0.2) is 49.8 Å². The van der Waals surface area contributed by atoms with Gasteiger partial charge >= 0.3 is 0 Å². The lowest BCUT2D eigenvalue weighted by Gasteiger charge is -2.34. The molecule has 0 saturated carbocycles. The summed E-state index contributed by atoms with van der Waals surface area (Å²) in [5, 5.41) is 3.62. The molecule has 1 saturated heterocycles. The summed E-state index contributed by atoms with van der Waals surface area (Å²) in [6.45, 7) is 7.67. The average molecular weight is 371 g/mol. The van der Waals surface area contributed by atoms with Crippen LogP contribution in [0, 0.1) is 0 Å². The molecule has 0 aliphatic carbocycles. The predicted molar refractivity (Wildman–Crippen MR) is 106 cm³/mol. The van der Waals surface area contributed by atoms with Crippen molar-refractivity contribution in [3.05, 3.63) is 47.7 Å². The molecule has 1 atom stereocenters. The molecule has 6 nitrogen and oxygen atoms in total. The number of pyridine rings is 1. The molecule has 0 amide bonds. The zero-order valence-corrected chi connectivity index (χ0v) is 16.6. The molecule has 0 bridgehead atoms. The Morgan fingerprint density at radius 1 is 1.11 bits per heavy atom. The van der Waals surface area contributed by atoms with Gasteiger partial charge in [0.05, 0.1) is 26.0 Å². The van der Waals surface area contributed by atoms with Crippen LogP contribution in [0.25, 0.3) is 0 Å². The second kappa shape index (κ2) is 9.06. The van der Waals surface area contributed by atoms with Crippen molar-refractivity contribution in [1.29, 1.82) is 0 Å². The van der Waals surface area contributed by atoms with Crippen LogP contribution in [0.5, 0.6) is 17.4 Å².